The summed E-state index contributed by atoms with van der Waals surface area (Å²) in [6, 6.07) is 2.64. The van der Waals surface area contributed by atoms with Crippen LogP contribution in [0.2, 0.25) is 0 Å². The van der Waals surface area contributed by atoms with Crippen LogP contribution in [0.25, 0.3) is 0 Å². The van der Waals surface area contributed by atoms with Gasteiger partial charge in [0.05, 0.1) is 11.5 Å². The van der Waals surface area contributed by atoms with Crippen molar-refractivity contribution in [2.75, 3.05) is 6.54 Å². The lowest BCUT2D eigenvalue weighted by atomic mass is 9.75. The Balaban J connectivity index is 2.19. The van der Waals surface area contributed by atoms with Crippen molar-refractivity contribution in [3.05, 3.63) is 11.8 Å². The summed E-state index contributed by atoms with van der Waals surface area (Å²) in [5.41, 5.74) is -2.07. The molecule has 0 atom stereocenters. The van der Waals surface area contributed by atoms with Crippen LogP contribution in [0.3, 0.4) is 0 Å². The van der Waals surface area contributed by atoms with Crippen LogP contribution >= 0.6 is 0 Å². The van der Waals surface area contributed by atoms with Crippen LogP contribution in [0.4, 0.5) is 13.2 Å². The number of rotatable bonds is 4. The summed E-state index contributed by atoms with van der Waals surface area (Å²) in [6.45, 7) is -0.113. The fourth-order valence-electron chi connectivity index (χ4n) is 2.70. The molecule has 0 aromatic carbocycles. The van der Waals surface area contributed by atoms with Crippen molar-refractivity contribution < 1.29 is 21.6 Å². The number of alkyl halides is 3. The van der Waals surface area contributed by atoms with E-state index in [1.807, 2.05) is 0 Å². The van der Waals surface area contributed by atoms with E-state index >= 15 is 0 Å². The molecule has 1 aliphatic carbocycles. The first kappa shape index (κ1) is 17.7. The van der Waals surface area contributed by atoms with Gasteiger partial charge in [0.2, 0.25) is 0 Å². The highest BCUT2D eigenvalue weighted by Gasteiger charge is 2.38. The topological polar surface area (TPSA) is 87.8 Å². The third kappa shape index (κ3) is 3.84. The Morgan fingerprint density at radius 3 is 2.48 bits per heavy atom. The van der Waals surface area contributed by atoms with Gasteiger partial charge in [0.15, 0.2) is 10.7 Å². The molecule has 10 heteroatoms. The van der Waals surface area contributed by atoms with Crippen LogP contribution in [0.15, 0.2) is 11.1 Å². The van der Waals surface area contributed by atoms with E-state index in [0.717, 1.165) is 26.3 Å². The quantitative estimate of drug-likeness (QED) is 0.902. The van der Waals surface area contributed by atoms with Gasteiger partial charge >= 0.3 is 6.18 Å². The molecule has 128 valence electrons. The van der Waals surface area contributed by atoms with Crippen LogP contribution < -0.4 is 4.72 Å². The summed E-state index contributed by atoms with van der Waals surface area (Å²) < 4.78 is 65.3. The van der Waals surface area contributed by atoms with Crippen LogP contribution in [0.5, 0.6) is 0 Å². The van der Waals surface area contributed by atoms with Crippen LogP contribution in [0, 0.1) is 16.7 Å². The first-order valence-corrected chi connectivity index (χ1v) is 8.60. The molecule has 0 amide bonds. The molecule has 0 aliphatic heterocycles. The Bertz CT molecular complexity index is 713. The third-order valence-corrected chi connectivity index (χ3v) is 5.51. The van der Waals surface area contributed by atoms with Crippen molar-refractivity contribution in [1.29, 1.82) is 5.26 Å². The van der Waals surface area contributed by atoms with Gasteiger partial charge in [-0.1, -0.05) is 19.3 Å². The molecule has 2 rings (SSSR count). The third-order valence-electron chi connectivity index (χ3n) is 4.05. The van der Waals surface area contributed by atoms with E-state index in [1.54, 1.807) is 0 Å². The average molecular weight is 350 g/mol. The minimum Gasteiger partial charge on any atom is -0.255 e. The number of hydrogen-bond donors (Lipinski definition) is 1. The van der Waals surface area contributed by atoms with E-state index in [4.69, 9.17) is 0 Å². The van der Waals surface area contributed by atoms with Crippen molar-refractivity contribution in [1.82, 2.24) is 14.5 Å². The molecule has 1 aliphatic rings. The summed E-state index contributed by atoms with van der Waals surface area (Å²) in [4.78, 5) is 0. The molecule has 0 saturated heterocycles. The van der Waals surface area contributed by atoms with Crippen molar-refractivity contribution in [2.24, 2.45) is 12.5 Å². The van der Waals surface area contributed by atoms with Gasteiger partial charge in [-0.25, -0.2) is 13.1 Å². The van der Waals surface area contributed by atoms with Gasteiger partial charge in [-0.3, -0.25) is 4.68 Å². The summed E-state index contributed by atoms with van der Waals surface area (Å²) in [6.07, 6.45) is -0.912. The molecule has 0 radical (unpaired) electrons. The zero-order valence-corrected chi connectivity index (χ0v) is 13.3. The van der Waals surface area contributed by atoms with Gasteiger partial charge in [-0.15, -0.1) is 0 Å². The SMILES string of the molecule is Cn1nc(C(F)(F)F)cc1S(=O)(=O)NCC1(C#N)CCCCC1. The van der Waals surface area contributed by atoms with Gasteiger partial charge in [0, 0.05) is 19.7 Å². The Morgan fingerprint density at radius 1 is 1.39 bits per heavy atom. The number of aromatic nitrogens is 2. The van der Waals surface area contributed by atoms with Crippen LogP contribution in [-0.2, 0) is 23.2 Å². The maximum atomic E-state index is 12.6. The van der Waals surface area contributed by atoms with Gasteiger partial charge in [-0.2, -0.15) is 23.5 Å². The van der Waals surface area contributed by atoms with E-state index in [2.05, 4.69) is 15.9 Å². The van der Waals surface area contributed by atoms with Crippen LogP contribution in [0.1, 0.15) is 37.8 Å². The minimum absolute atomic E-state index is 0.113. The largest absolute Gasteiger partial charge is 0.435 e. The van der Waals surface area contributed by atoms with Crippen molar-refractivity contribution in [2.45, 2.75) is 43.3 Å². The highest BCUT2D eigenvalue weighted by Crippen LogP contribution is 2.35. The Labute approximate surface area is 132 Å². The zero-order valence-electron chi connectivity index (χ0n) is 12.5. The lowest BCUT2D eigenvalue weighted by Crippen LogP contribution is -2.38. The van der Waals surface area contributed by atoms with Gasteiger partial charge < -0.3 is 0 Å². The molecular formula is C13H17F3N4O2S. The Hall–Kier alpha value is -1.60. The first-order valence-electron chi connectivity index (χ1n) is 7.12. The second-order valence-electron chi connectivity index (χ2n) is 5.77. The summed E-state index contributed by atoms with van der Waals surface area (Å²) in [5.74, 6) is 0. The van der Waals surface area contributed by atoms with E-state index in [0.29, 0.717) is 23.6 Å². The van der Waals surface area contributed by atoms with Crippen molar-refractivity contribution in [3.8, 4) is 6.07 Å². The smallest absolute Gasteiger partial charge is 0.255 e. The fraction of sp³-hybridized carbons (Fsp3) is 0.692. The molecule has 0 bridgehead atoms. The normalized spacial score (nSPS) is 18.6. The number of halogens is 3. The summed E-state index contributed by atoms with van der Waals surface area (Å²) >= 11 is 0. The molecule has 23 heavy (non-hydrogen) atoms. The number of hydrogen-bond acceptors (Lipinski definition) is 4. The maximum Gasteiger partial charge on any atom is 0.435 e. The molecule has 1 aromatic rings. The van der Waals surface area contributed by atoms with Gasteiger partial charge in [0.1, 0.15) is 0 Å². The highest BCUT2D eigenvalue weighted by atomic mass is 32.2. The predicted octanol–water partition coefficient (Wildman–Crippen LogP) is 2.19. The van der Waals surface area contributed by atoms with Crippen molar-refractivity contribution >= 4 is 10.0 Å². The van der Waals surface area contributed by atoms with E-state index < -0.39 is 32.3 Å². The van der Waals surface area contributed by atoms with Gasteiger partial charge in [-0.05, 0) is 12.8 Å². The average Bonchev–Trinajstić information content (AvgIpc) is 2.89. The standard InChI is InChI=1S/C13H17F3N4O2S/c1-20-11(7-10(19-20)13(14,15)16)23(21,22)18-9-12(8-17)5-3-2-4-6-12/h7,18H,2-6,9H2,1H3. The summed E-state index contributed by atoms with van der Waals surface area (Å²) in [5, 5.41) is 11.9. The maximum absolute atomic E-state index is 12.6. The lowest BCUT2D eigenvalue weighted by Gasteiger charge is -2.30. The molecule has 1 fully saturated rings. The predicted molar refractivity (Wildman–Crippen MR) is 74.5 cm³/mol. The Morgan fingerprint density at radius 2 is 2.00 bits per heavy atom. The molecule has 6 nitrogen and oxygen atoms in total. The molecule has 1 N–H and O–H groups in total. The number of nitriles is 1. The highest BCUT2D eigenvalue weighted by molar-refractivity contribution is 7.89. The second-order valence-corrected chi connectivity index (χ2v) is 7.48. The monoisotopic (exact) mass is 350 g/mol. The number of sulfonamides is 1. The molecule has 0 spiro atoms. The molecule has 1 heterocycles. The summed E-state index contributed by atoms with van der Waals surface area (Å²) in [7, 11) is -3.05. The lowest BCUT2D eigenvalue weighted by molar-refractivity contribution is -0.141. The van der Waals surface area contributed by atoms with Crippen LogP contribution in [-0.4, -0.2) is 24.7 Å². The number of aryl methyl sites for hydroxylation is 1. The minimum atomic E-state index is -4.72. The number of nitrogens with zero attached hydrogens (tertiary/aromatic N) is 3. The van der Waals surface area contributed by atoms with E-state index in [-0.39, 0.29) is 6.54 Å². The number of nitrogens with one attached hydrogen (secondary N) is 1. The Kier molecular flexibility index (Phi) is 4.73. The molecule has 0 unspecified atom stereocenters. The van der Waals surface area contributed by atoms with Crippen molar-refractivity contribution in [3.63, 3.8) is 0 Å². The van der Waals surface area contributed by atoms with Gasteiger partial charge in [0.25, 0.3) is 10.0 Å². The first-order chi connectivity index (χ1) is 10.6. The molecular weight excluding hydrogens is 333 g/mol. The fourth-order valence-corrected chi connectivity index (χ4v) is 3.97. The zero-order chi connectivity index (χ0) is 17.3. The molecule has 1 aromatic heterocycles. The van der Waals surface area contributed by atoms with E-state index in [9.17, 15) is 26.9 Å². The molecule has 1 saturated carbocycles. The van der Waals surface area contributed by atoms with E-state index in [1.165, 1.54) is 0 Å². The second kappa shape index (κ2) is 6.13.